The molecule has 0 fully saturated rings. The van der Waals surface area contributed by atoms with E-state index in [-0.39, 0.29) is 5.75 Å². The van der Waals surface area contributed by atoms with E-state index >= 15 is 0 Å². The van der Waals surface area contributed by atoms with Crippen LogP contribution in [-0.4, -0.2) is 46.2 Å². The summed E-state index contributed by atoms with van der Waals surface area (Å²) in [5, 5.41) is 11.6. The minimum Gasteiger partial charge on any atom is -0.385 e. The average molecular weight is 384 g/mol. The maximum Gasteiger partial charge on any atom is 0.318 e. The zero-order chi connectivity index (χ0) is 18.2. The van der Waals surface area contributed by atoms with Gasteiger partial charge in [-0.15, -0.1) is 10.2 Å². The third-order valence-corrected chi connectivity index (χ3v) is 4.36. The van der Waals surface area contributed by atoms with E-state index in [1.807, 2.05) is 22.0 Å². The Balaban J connectivity index is 2.19. The summed E-state index contributed by atoms with van der Waals surface area (Å²) < 4.78 is 7.00. The quantitative estimate of drug-likeness (QED) is 0.532. The van der Waals surface area contributed by atoms with Gasteiger partial charge in [0.15, 0.2) is 11.0 Å². The summed E-state index contributed by atoms with van der Waals surface area (Å²) >= 11 is 7.10. The molecule has 0 radical (unpaired) electrons. The summed E-state index contributed by atoms with van der Waals surface area (Å²) in [5.41, 5.74) is 5.79. The smallest absolute Gasteiger partial charge is 0.318 e. The van der Waals surface area contributed by atoms with Crippen LogP contribution < -0.4 is 11.1 Å². The van der Waals surface area contributed by atoms with Crippen LogP contribution in [0.5, 0.6) is 0 Å². The molecule has 0 saturated heterocycles. The molecule has 0 atom stereocenters. The van der Waals surface area contributed by atoms with Gasteiger partial charge in [0, 0.05) is 30.8 Å². The van der Waals surface area contributed by atoms with Gasteiger partial charge in [0.1, 0.15) is 0 Å². The normalized spacial score (nSPS) is 10.6. The van der Waals surface area contributed by atoms with Crippen LogP contribution >= 0.6 is 23.4 Å². The number of hydrogen-bond donors (Lipinski definition) is 2. The van der Waals surface area contributed by atoms with Crippen molar-refractivity contribution < 1.29 is 14.3 Å². The number of nitrogens with zero attached hydrogens (tertiary/aromatic N) is 3. The van der Waals surface area contributed by atoms with Crippen molar-refractivity contribution in [3.8, 4) is 11.4 Å². The topological polar surface area (TPSA) is 112 Å². The zero-order valence-corrected chi connectivity index (χ0v) is 15.1. The lowest BCUT2D eigenvalue weighted by Crippen LogP contribution is -2.36. The number of halogens is 1. The number of primary amides is 1. The number of nitrogens with two attached hydrogens (primary N) is 1. The Morgan fingerprint density at radius 3 is 2.68 bits per heavy atom. The monoisotopic (exact) mass is 383 g/mol. The fourth-order valence-corrected chi connectivity index (χ4v) is 2.97. The molecule has 0 aliphatic rings. The highest BCUT2D eigenvalue weighted by Crippen LogP contribution is 2.25. The fourth-order valence-electron chi connectivity index (χ4n) is 2.08. The van der Waals surface area contributed by atoms with Gasteiger partial charge >= 0.3 is 6.03 Å². The Morgan fingerprint density at radius 1 is 1.32 bits per heavy atom. The number of methoxy groups -OCH3 is 1. The number of thioether (sulfide) groups is 1. The Morgan fingerprint density at radius 2 is 2.04 bits per heavy atom. The lowest BCUT2D eigenvalue weighted by molar-refractivity contribution is -0.117. The molecular weight excluding hydrogens is 366 g/mol. The molecule has 1 aromatic carbocycles. The largest absolute Gasteiger partial charge is 0.385 e. The predicted molar refractivity (Wildman–Crippen MR) is 95.4 cm³/mol. The highest BCUT2D eigenvalue weighted by atomic mass is 35.5. The first-order chi connectivity index (χ1) is 12.0. The van der Waals surface area contributed by atoms with Gasteiger partial charge in [-0.05, 0) is 30.7 Å². The zero-order valence-electron chi connectivity index (χ0n) is 13.6. The van der Waals surface area contributed by atoms with Crippen molar-refractivity contribution in [3.05, 3.63) is 29.3 Å². The average Bonchev–Trinajstić information content (AvgIpc) is 2.96. The molecule has 3 N–H and O–H groups in total. The number of amides is 3. The second-order valence-electron chi connectivity index (χ2n) is 5.01. The first kappa shape index (κ1) is 19.2. The van der Waals surface area contributed by atoms with Crippen LogP contribution in [0, 0.1) is 0 Å². The van der Waals surface area contributed by atoms with E-state index in [1.165, 1.54) is 11.8 Å². The van der Waals surface area contributed by atoms with Crippen LogP contribution in [-0.2, 0) is 16.1 Å². The Kier molecular flexibility index (Phi) is 7.23. The summed E-state index contributed by atoms with van der Waals surface area (Å²) in [7, 11) is 1.64. The van der Waals surface area contributed by atoms with Gasteiger partial charge in [0.2, 0.25) is 5.91 Å². The van der Waals surface area contributed by atoms with E-state index < -0.39 is 11.9 Å². The third-order valence-electron chi connectivity index (χ3n) is 3.14. The Hall–Kier alpha value is -2.10. The number of ether oxygens (including phenoxy) is 1. The van der Waals surface area contributed by atoms with E-state index in [0.29, 0.717) is 29.2 Å². The van der Waals surface area contributed by atoms with Crippen molar-refractivity contribution in [2.24, 2.45) is 5.73 Å². The van der Waals surface area contributed by atoms with Crippen molar-refractivity contribution in [3.63, 3.8) is 0 Å². The summed E-state index contributed by atoms with van der Waals surface area (Å²) in [4.78, 5) is 22.3. The molecule has 0 aliphatic heterocycles. The molecule has 0 spiro atoms. The number of rotatable bonds is 8. The molecule has 0 bridgehead atoms. The standard InChI is InChI=1S/C15H18ClN5O3S/c1-24-8-2-7-21-13(10-3-5-11(16)6-4-10)19-20-15(21)25-9-12(22)18-14(17)23/h3-6H,2,7-9H2,1H3,(H3,17,18,22,23). The van der Waals surface area contributed by atoms with Crippen LogP contribution in [0.1, 0.15) is 6.42 Å². The van der Waals surface area contributed by atoms with Crippen molar-refractivity contribution >= 4 is 35.3 Å². The van der Waals surface area contributed by atoms with Gasteiger partial charge in [0.05, 0.1) is 5.75 Å². The second kappa shape index (κ2) is 9.40. The number of carbonyl (C=O) groups is 2. The SMILES string of the molecule is COCCCn1c(SCC(=O)NC(N)=O)nnc1-c1ccc(Cl)cc1. The predicted octanol–water partition coefficient (Wildman–Crippen LogP) is 1.92. The van der Waals surface area contributed by atoms with Gasteiger partial charge < -0.3 is 15.0 Å². The minimum absolute atomic E-state index is 0.00592. The highest BCUT2D eigenvalue weighted by molar-refractivity contribution is 7.99. The van der Waals surface area contributed by atoms with Gasteiger partial charge in [-0.2, -0.15) is 0 Å². The summed E-state index contributed by atoms with van der Waals surface area (Å²) in [6.45, 7) is 1.21. The summed E-state index contributed by atoms with van der Waals surface area (Å²) in [6.07, 6.45) is 0.760. The molecule has 0 saturated carbocycles. The van der Waals surface area contributed by atoms with E-state index in [2.05, 4.69) is 10.2 Å². The number of hydrogen-bond acceptors (Lipinski definition) is 6. The molecule has 0 unspecified atom stereocenters. The van der Waals surface area contributed by atoms with Crippen molar-refractivity contribution in [2.75, 3.05) is 19.5 Å². The van der Waals surface area contributed by atoms with E-state index in [4.69, 9.17) is 22.1 Å². The number of carbonyl (C=O) groups excluding carboxylic acids is 2. The summed E-state index contributed by atoms with van der Waals surface area (Å²) in [5.74, 6) is 0.189. The molecule has 1 heterocycles. The molecule has 2 rings (SSSR count). The molecule has 1 aromatic heterocycles. The van der Waals surface area contributed by atoms with E-state index in [9.17, 15) is 9.59 Å². The molecule has 2 aromatic rings. The van der Waals surface area contributed by atoms with E-state index in [1.54, 1.807) is 19.2 Å². The molecular formula is C15H18ClN5O3S. The maximum absolute atomic E-state index is 11.6. The van der Waals surface area contributed by atoms with Crippen LogP contribution in [0.4, 0.5) is 4.79 Å². The van der Waals surface area contributed by atoms with Gasteiger partial charge in [-0.3, -0.25) is 10.1 Å². The Labute approximate surface area is 154 Å². The second-order valence-corrected chi connectivity index (χ2v) is 6.39. The molecule has 25 heavy (non-hydrogen) atoms. The first-order valence-corrected chi connectivity index (χ1v) is 8.77. The molecule has 10 heteroatoms. The van der Waals surface area contributed by atoms with E-state index in [0.717, 1.165) is 12.0 Å². The minimum atomic E-state index is -0.881. The van der Waals surface area contributed by atoms with Gasteiger partial charge in [-0.1, -0.05) is 23.4 Å². The lowest BCUT2D eigenvalue weighted by atomic mass is 10.2. The fraction of sp³-hybridized carbons (Fsp3) is 0.333. The number of aromatic nitrogens is 3. The van der Waals surface area contributed by atoms with Crippen LogP contribution in [0.25, 0.3) is 11.4 Å². The van der Waals surface area contributed by atoms with Crippen molar-refractivity contribution in [2.45, 2.75) is 18.1 Å². The van der Waals surface area contributed by atoms with Crippen molar-refractivity contribution in [1.29, 1.82) is 0 Å². The lowest BCUT2D eigenvalue weighted by Gasteiger charge is -2.10. The van der Waals surface area contributed by atoms with Crippen LogP contribution in [0.3, 0.4) is 0 Å². The number of urea groups is 1. The number of imide groups is 1. The van der Waals surface area contributed by atoms with Crippen LogP contribution in [0.2, 0.25) is 5.02 Å². The molecule has 134 valence electrons. The van der Waals surface area contributed by atoms with Gasteiger partial charge in [0.25, 0.3) is 0 Å². The summed E-state index contributed by atoms with van der Waals surface area (Å²) in [6, 6.07) is 6.38. The van der Waals surface area contributed by atoms with Crippen molar-refractivity contribution in [1.82, 2.24) is 20.1 Å². The van der Waals surface area contributed by atoms with Crippen LogP contribution in [0.15, 0.2) is 29.4 Å². The number of nitrogens with one attached hydrogen (secondary N) is 1. The Bertz CT molecular complexity index is 735. The molecule has 8 nitrogen and oxygen atoms in total. The number of benzene rings is 1. The highest BCUT2D eigenvalue weighted by Gasteiger charge is 2.16. The maximum atomic E-state index is 11.6. The molecule has 3 amide bonds. The third kappa shape index (κ3) is 5.73. The van der Waals surface area contributed by atoms with Gasteiger partial charge in [-0.25, -0.2) is 4.79 Å². The molecule has 0 aliphatic carbocycles. The first-order valence-electron chi connectivity index (χ1n) is 7.41.